The van der Waals surface area contributed by atoms with Crippen LogP contribution in [0.4, 0.5) is 0 Å². The van der Waals surface area contributed by atoms with Gasteiger partial charge in [0, 0.05) is 18.2 Å². The second-order valence-corrected chi connectivity index (χ2v) is 5.26. The second-order valence-electron chi connectivity index (χ2n) is 4.45. The number of ketones is 1. The molecule has 5 heteroatoms. The van der Waals surface area contributed by atoms with E-state index in [2.05, 4.69) is 11.8 Å². The maximum atomic E-state index is 12.1. The molecule has 1 aromatic rings. The number of morpholine rings is 1. The largest absolute Gasteiger partial charge is 0.379 e. The van der Waals surface area contributed by atoms with Crippen molar-refractivity contribution in [3.05, 3.63) is 33.8 Å². The summed E-state index contributed by atoms with van der Waals surface area (Å²) in [5, 5.41) is 0.880. The fourth-order valence-electron chi connectivity index (χ4n) is 1.94. The third-order valence-corrected chi connectivity index (χ3v) is 3.83. The van der Waals surface area contributed by atoms with Gasteiger partial charge in [-0.25, -0.2) is 0 Å². The lowest BCUT2D eigenvalue weighted by atomic mass is 10.1. The van der Waals surface area contributed by atoms with E-state index in [9.17, 15) is 4.79 Å². The number of rotatable bonds is 3. The van der Waals surface area contributed by atoms with Gasteiger partial charge in [0.2, 0.25) is 0 Å². The van der Waals surface area contributed by atoms with Crippen molar-refractivity contribution in [3.63, 3.8) is 0 Å². The zero-order valence-electron chi connectivity index (χ0n) is 10.2. The van der Waals surface area contributed by atoms with E-state index in [0.29, 0.717) is 35.4 Å². The molecule has 0 bridgehead atoms. The standard InChI is InChI=1S/C13H15Cl2NO2/c1-9-8-18-5-4-16(9)7-13(17)10-2-3-11(14)12(15)6-10/h2-3,6,9H,4-5,7-8H2,1H3. The molecule has 98 valence electrons. The van der Waals surface area contributed by atoms with E-state index in [1.807, 2.05) is 0 Å². The van der Waals surface area contributed by atoms with Crippen LogP contribution in [0.1, 0.15) is 17.3 Å². The first-order valence-electron chi connectivity index (χ1n) is 5.88. The highest BCUT2D eigenvalue weighted by molar-refractivity contribution is 6.42. The van der Waals surface area contributed by atoms with E-state index < -0.39 is 0 Å². The Morgan fingerprint density at radius 3 is 2.89 bits per heavy atom. The molecule has 1 aliphatic heterocycles. The molecular formula is C13H15Cl2NO2. The summed E-state index contributed by atoms with van der Waals surface area (Å²) >= 11 is 11.7. The quantitative estimate of drug-likeness (QED) is 0.801. The van der Waals surface area contributed by atoms with Crippen LogP contribution in [-0.4, -0.2) is 43.0 Å². The normalized spacial score (nSPS) is 20.9. The smallest absolute Gasteiger partial charge is 0.176 e. The lowest BCUT2D eigenvalue weighted by Gasteiger charge is -2.32. The number of hydrogen-bond acceptors (Lipinski definition) is 3. The highest BCUT2D eigenvalue weighted by atomic mass is 35.5. The van der Waals surface area contributed by atoms with Gasteiger partial charge in [0.25, 0.3) is 0 Å². The van der Waals surface area contributed by atoms with Crippen molar-refractivity contribution in [1.82, 2.24) is 4.90 Å². The van der Waals surface area contributed by atoms with Gasteiger partial charge in [0.15, 0.2) is 5.78 Å². The lowest BCUT2D eigenvalue weighted by Crippen LogP contribution is -2.45. The van der Waals surface area contributed by atoms with Crippen LogP contribution < -0.4 is 0 Å². The first-order valence-corrected chi connectivity index (χ1v) is 6.63. The summed E-state index contributed by atoms with van der Waals surface area (Å²) < 4.78 is 5.34. The summed E-state index contributed by atoms with van der Waals surface area (Å²) in [7, 11) is 0. The van der Waals surface area contributed by atoms with Crippen LogP contribution in [0.5, 0.6) is 0 Å². The van der Waals surface area contributed by atoms with Crippen LogP contribution in [-0.2, 0) is 4.74 Å². The first-order chi connectivity index (χ1) is 8.58. The molecule has 0 N–H and O–H groups in total. The number of ether oxygens (including phenoxy) is 1. The van der Waals surface area contributed by atoms with Crippen LogP contribution in [0.25, 0.3) is 0 Å². The minimum atomic E-state index is 0.0577. The third-order valence-electron chi connectivity index (χ3n) is 3.09. The maximum absolute atomic E-state index is 12.1. The van der Waals surface area contributed by atoms with Crippen molar-refractivity contribution < 1.29 is 9.53 Å². The van der Waals surface area contributed by atoms with Gasteiger partial charge in [-0.15, -0.1) is 0 Å². The molecule has 2 rings (SSSR count). The molecule has 1 aromatic carbocycles. The van der Waals surface area contributed by atoms with Gasteiger partial charge in [0.05, 0.1) is 29.8 Å². The summed E-state index contributed by atoms with van der Waals surface area (Å²) in [6.45, 7) is 4.59. The molecule has 1 atom stereocenters. The zero-order valence-corrected chi connectivity index (χ0v) is 11.7. The minimum absolute atomic E-state index is 0.0577. The molecule has 3 nitrogen and oxygen atoms in total. The van der Waals surface area contributed by atoms with E-state index in [1.165, 1.54) is 0 Å². The molecule has 1 fully saturated rings. The Bertz CT molecular complexity index is 451. The van der Waals surface area contributed by atoms with Gasteiger partial charge >= 0.3 is 0 Å². The third kappa shape index (κ3) is 3.23. The van der Waals surface area contributed by atoms with Crippen LogP contribution in [0.2, 0.25) is 10.0 Å². The summed E-state index contributed by atoms with van der Waals surface area (Å²) in [5.74, 6) is 0.0577. The van der Waals surface area contributed by atoms with Crippen molar-refractivity contribution in [1.29, 1.82) is 0 Å². The number of carbonyl (C=O) groups excluding carboxylic acids is 1. The molecule has 0 saturated carbocycles. The Kier molecular flexibility index (Phi) is 4.62. The molecule has 0 radical (unpaired) electrons. The van der Waals surface area contributed by atoms with Crippen LogP contribution >= 0.6 is 23.2 Å². The number of benzene rings is 1. The first kappa shape index (κ1) is 13.8. The molecule has 0 spiro atoms. The maximum Gasteiger partial charge on any atom is 0.176 e. The van der Waals surface area contributed by atoms with Crippen LogP contribution in [0.15, 0.2) is 18.2 Å². The molecular weight excluding hydrogens is 273 g/mol. The van der Waals surface area contributed by atoms with Gasteiger partial charge in [-0.3, -0.25) is 9.69 Å². The van der Waals surface area contributed by atoms with Crippen molar-refractivity contribution >= 4 is 29.0 Å². The van der Waals surface area contributed by atoms with Gasteiger partial charge in [-0.1, -0.05) is 23.2 Å². The predicted octanol–water partition coefficient (Wildman–Crippen LogP) is 2.90. The molecule has 1 heterocycles. The van der Waals surface area contributed by atoms with E-state index in [0.717, 1.165) is 6.54 Å². The summed E-state index contributed by atoms with van der Waals surface area (Å²) in [5.41, 5.74) is 0.600. The number of nitrogens with zero attached hydrogens (tertiary/aromatic N) is 1. The molecule has 0 aromatic heterocycles. The summed E-state index contributed by atoms with van der Waals surface area (Å²) in [4.78, 5) is 14.3. The molecule has 0 aliphatic carbocycles. The molecule has 1 saturated heterocycles. The second kappa shape index (κ2) is 6.02. The monoisotopic (exact) mass is 287 g/mol. The molecule has 1 aliphatic rings. The highest BCUT2D eigenvalue weighted by Gasteiger charge is 2.21. The van der Waals surface area contributed by atoms with Crippen molar-refractivity contribution in [2.75, 3.05) is 26.3 Å². The zero-order chi connectivity index (χ0) is 13.1. The van der Waals surface area contributed by atoms with Crippen molar-refractivity contribution in [2.24, 2.45) is 0 Å². The Morgan fingerprint density at radius 1 is 1.44 bits per heavy atom. The Balaban J connectivity index is 2.04. The summed E-state index contributed by atoms with van der Waals surface area (Å²) in [6.07, 6.45) is 0. The predicted molar refractivity (Wildman–Crippen MR) is 72.6 cm³/mol. The number of Topliss-reactive ketones (excluding diaryl/α,β-unsaturated/α-hetero) is 1. The van der Waals surface area contributed by atoms with Gasteiger partial charge in [-0.2, -0.15) is 0 Å². The van der Waals surface area contributed by atoms with Gasteiger partial charge < -0.3 is 4.74 Å². The van der Waals surface area contributed by atoms with Crippen molar-refractivity contribution in [3.8, 4) is 0 Å². The molecule has 1 unspecified atom stereocenters. The topological polar surface area (TPSA) is 29.5 Å². The Hall–Kier alpha value is -0.610. The number of halogens is 2. The van der Waals surface area contributed by atoms with E-state index >= 15 is 0 Å². The summed E-state index contributed by atoms with van der Waals surface area (Å²) in [6, 6.07) is 5.25. The number of hydrogen-bond donors (Lipinski definition) is 0. The Labute approximate surface area is 117 Å². The molecule has 0 amide bonds. The van der Waals surface area contributed by atoms with Gasteiger partial charge in [0.1, 0.15) is 0 Å². The van der Waals surface area contributed by atoms with Crippen LogP contribution in [0, 0.1) is 0 Å². The average Bonchev–Trinajstić information content (AvgIpc) is 2.35. The fourth-order valence-corrected chi connectivity index (χ4v) is 2.24. The lowest BCUT2D eigenvalue weighted by molar-refractivity contribution is 0.00201. The SMILES string of the molecule is CC1COCCN1CC(=O)c1ccc(Cl)c(Cl)c1. The van der Waals surface area contributed by atoms with Crippen molar-refractivity contribution in [2.45, 2.75) is 13.0 Å². The highest BCUT2D eigenvalue weighted by Crippen LogP contribution is 2.23. The van der Waals surface area contributed by atoms with E-state index in [-0.39, 0.29) is 11.8 Å². The van der Waals surface area contributed by atoms with Gasteiger partial charge in [-0.05, 0) is 25.1 Å². The molecule has 18 heavy (non-hydrogen) atoms. The van der Waals surface area contributed by atoms with E-state index in [4.69, 9.17) is 27.9 Å². The average molecular weight is 288 g/mol. The minimum Gasteiger partial charge on any atom is -0.379 e. The fraction of sp³-hybridized carbons (Fsp3) is 0.462. The van der Waals surface area contributed by atoms with E-state index in [1.54, 1.807) is 18.2 Å². The Morgan fingerprint density at radius 2 is 2.22 bits per heavy atom. The van der Waals surface area contributed by atoms with Crippen LogP contribution in [0.3, 0.4) is 0 Å². The number of carbonyl (C=O) groups is 1.